The Morgan fingerprint density at radius 3 is 1.82 bits per heavy atom. The Labute approximate surface area is 130 Å². The van der Waals surface area contributed by atoms with Crippen LogP contribution in [0, 0.1) is 0 Å². The van der Waals surface area contributed by atoms with Crippen molar-refractivity contribution in [2.45, 2.75) is 17.7 Å². The third-order valence-electron chi connectivity index (χ3n) is 3.14. The molecule has 0 aliphatic rings. The summed E-state index contributed by atoms with van der Waals surface area (Å²) in [4.78, 5) is 0. The summed E-state index contributed by atoms with van der Waals surface area (Å²) in [5.41, 5.74) is -1.10. The Morgan fingerprint density at radius 2 is 1.36 bits per heavy atom. The van der Waals surface area contributed by atoms with Gasteiger partial charge in [0.15, 0.2) is 0 Å². The molecule has 0 saturated carbocycles. The summed E-state index contributed by atoms with van der Waals surface area (Å²) >= 11 is 3.02. The number of hydrogen-bond acceptors (Lipinski definition) is 0. The van der Waals surface area contributed by atoms with Gasteiger partial charge in [-0.2, -0.15) is 26.3 Å². The van der Waals surface area contributed by atoms with Crippen molar-refractivity contribution >= 4 is 15.9 Å². The Hall–Kier alpha value is -1.50. The third kappa shape index (κ3) is 3.45. The van der Waals surface area contributed by atoms with Crippen LogP contribution in [0.15, 0.2) is 42.5 Å². The Morgan fingerprint density at radius 1 is 0.773 bits per heavy atom. The van der Waals surface area contributed by atoms with Crippen LogP contribution in [0.5, 0.6) is 0 Å². The molecule has 2 aromatic carbocycles. The predicted molar refractivity (Wildman–Crippen MR) is 74.5 cm³/mol. The molecule has 0 aliphatic carbocycles. The van der Waals surface area contributed by atoms with E-state index in [9.17, 15) is 26.3 Å². The smallest absolute Gasteiger partial charge is 0.166 e. The van der Waals surface area contributed by atoms with Crippen molar-refractivity contribution < 1.29 is 26.3 Å². The van der Waals surface area contributed by atoms with E-state index in [4.69, 9.17) is 0 Å². The lowest BCUT2D eigenvalue weighted by molar-refractivity contribution is -0.138. The third-order valence-corrected chi connectivity index (χ3v) is 3.70. The molecule has 0 unspecified atom stereocenters. The predicted octanol–water partition coefficient (Wildman–Crippen LogP) is 6.29. The van der Waals surface area contributed by atoms with Crippen molar-refractivity contribution in [2.24, 2.45) is 0 Å². The van der Waals surface area contributed by atoms with Crippen LogP contribution in [0.4, 0.5) is 26.3 Å². The Balaban J connectivity index is 2.54. The molecular weight excluding hydrogens is 374 g/mol. The molecule has 0 atom stereocenters. The molecule has 0 bridgehead atoms. The van der Waals surface area contributed by atoms with Crippen LogP contribution >= 0.6 is 15.9 Å². The summed E-state index contributed by atoms with van der Waals surface area (Å²) in [6.07, 6.45) is -9.00. The first-order chi connectivity index (χ1) is 10.1. The van der Waals surface area contributed by atoms with Crippen LogP contribution in [0.2, 0.25) is 0 Å². The van der Waals surface area contributed by atoms with Crippen molar-refractivity contribution in [3.63, 3.8) is 0 Å². The van der Waals surface area contributed by atoms with Gasteiger partial charge in [-0.3, -0.25) is 0 Å². The van der Waals surface area contributed by atoms with Gasteiger partial charge < -0.3 is 0 Å². The fourth-order valence-corrected chi connectivity index (χ4v) is 2.71. The second-order valence-corrected chi connectivity index (χ2v) is 5.10. The van der Waals surface area contributed by atoms with Crippen LogP contribution in [0.3, 0.4) is 0 Å². The van der Waals surface area contributed by atoms with E-state index in [1.165, 1.54) is 24.3 Å². The molecule has 0 nitrogen and oxygen atoms in total. The van der Waals surface area contributed by atoms with E-state index in [0.717, 1.165) is 18.2 Å². The molecule has 22 heavy (non-hydrogen) atoms. The van der Waals surface area contributed by atoms with E-state index in [0.29, 0.717) is 5.56 Å². The largest absolute Gasteiger partial charge is 0.416 e. The zero-order chi connectivity index (χ0) is 16.5. The molecule has 118 valence electrons. The van der Waals surface area contributed by atoms with Crippen LogP contribution in [-0.2, 0) is 17.7 Å². The van der Waals surface area contributed by atoms with Crippen LogP contribution in [0.1, 0.15) is 16.7 Å². The van der Waals surface area contributed by atoms with E-state index >= 15 is 0 Å². The van der Waals surface area contributed by atoms with E-state index in [2.05, 4.69) is 15.9 Å². The molecule has 2 rings (SSSR count). The minimum atomic E-state index is -4.52. The van der Waals surface area contributed by atoms with E-state index in [1.54, 1.807) is 0 Å². The lowest BCUT2D eigenvalue weighted by atomic mass is 9.95. The van der Waals surface area contributed by atoms with E-state index in [-0.39, 0.29) is 16.5 Å². The summed E-state index contributed by atoms with van der Waals surface area (Å²) in [6, 6.07) is 7.69. The maximum absolute atomic E-state index is 13.0. The van der Waals surface area contributed by atoms with Gasteiger partial charge in [-0.25, -0.2) is 0 Å². The van der Waals surface area contributed by atoms with Crippen molar-refractivity contribution in [3.8, 4) is 11.1 Å². The fourth-order valence-electron chi connectivity index (χ4n) is 2.11. The van der Waals surface area contributed by atoms with E-state index in [1.807, 2.05) is 0 Å². The second kappa shape index (κ2) is 5.95. The highest BCUT2D eigenvalue weighted by Crippen LogP contribution is 2.38. The number of benzene rings is 2. The van der Waals surface area contributed by atoms with Gasteiger partial charge in [0.25, 0.3) is 0 Å². The van der Waals surface area contributed by atoms with Crippen molar-refractivity contribution in [2.75, 3.05) is 0 Å². The van der Waals surface area contributed by atoms with Gasteiger partial charge in [0, 0.05) is 5.33 Å². The van der Waals surface area contributed by atoms with Gasteiger partial charge in [0.2, 0.25) is 0 Å². The number of halogens is 7. The first-order valence-corrected chi connectivity index (χ1v) is 7.19. The highest BCUT2D eigenvalue weighted by molar-refractivity contribution is 9.08. The summed E-state index contributed by atoms with van der Waals surface area (Å²) in [5, 5.41) is -0.0565. The molecule has 7 heteroatoms. The topological polar surface area (TPSA) is 0 Å². The molecule has 0 radical (unpaired) electrons. The molecule has 0 amide bonds. The molecular formula is C15H9BrF6. The van der Waals surface area contributed by atoms with Gasteiger partial charge in [-0.1, -0.05) is 40.2 Å². The van der Waals surface area contributed by atoms with Gasteiger partial charge >= 0.3 is 12.4 Å². The van der Waals surface area contributed by atoms with Crippen molar-refractivity contribution in [1.29, 1.82) is 0 Å². The minimum absolute atomic E-state index is 0.00485. The molecule has 0 aromatic heterocycles. The highest BCUT2D eigenvalue weighted by Gasteiger charge is 2.34. The number of alkyl halides is 7. The molecule has 0 spiro atoms. The van der Waals surface area contributed by atoms with Crippen molar-refractivity contribution in [3.05, 3.63) is 59.2 Å². The SMILES string of the molecule is FC(F)(F)c1ccc(-c2cccc(C(F)(F)F)c2CBr)cc1. The molecule has 0 heterocycles. The number of hydrogen-bond donors (Lipinski definition) is 0. The number of rotatable bonds is 2. The highest BCUT2D eigenvalue weighted by atomic mass is 79.9. The van der Waals surface area contributed by atoms with Crippen LogP contribution in [-0.4, -0.2) is 0 Å². The first kappa shape index (κ1) is 16.9. The zero-order valence-corrected chi connectivity index (χ0v) is 12.5. The normalized spacial score (nSPS) is 12.5. The second-order valence-electron chi connectivity index (χ2n) is 4.54. The van der Waals surface area contributed by atoms with Gasteiger partial charge in [-0.05, 0) is 34.9 Å². The maximum Gasteiger partial charge on any atom is 0.416 e. The van der Waals surface area contributed by atoms with Gasteiger partial charge in [0.1, 0.15) is 0 Å². The Bertz CT molecular complexity index is 655. The average Bonchev–Trinajstić information content (AvgIpc) is 2.44. The first-order valence-electron chi connectivity index (χ1n) is 6.07. The summed E-state index contributed by atoms with van der Waals surface area (Å²) in [5.74, 6) is 0. The molecule has 0 N–H and O–H groups in total. The standard InChI is InChI=1S/C15H9BrF6/c16-8-12-11(2-1-3-13(12)15(20,21)22)9-4-6-10(7-5-9)14(17,18)19/h1-7H,8H2. The molecule has 0 saturated heterocycles. The maximum atomic E-state index is 13.0. The minimum Gasteiger partial charge on any atom is -0.166 e. The molecule has 0 aliphatic heterocycles. The zero-order valence-electron chi connectivity index (χ0n) is 10.9. The summed E-state index contributed by atoms with van der Waals surface area (Å²) in [6.45, 7) is 0. The lowest BCUT2D eigenvalue weighted by Crippen LogP contribution is -2.09. The summed E-state index contributed by atoms with van der Waals surface area (Å²) < 4.78 is 76.5. The summed E-state index contributed by atoms with van der Waals surface area (Å²) in [7, 11) is 0. The fraction of sp³-hybridized carbons (Fsp3) is 0.200. The van der Waals surface area contributed by atoms with Gasteiger partial charge in [-0.15, -0.1) is 0 Å². The van der Waals surface area contributed by atoms with Crippen molar-refractivity contribution in [1.82, 2.24) is 0 Å². The van der Waals surface area contributed by atoms with E-state index < -0.39 is 23.5 Å². The monoisotopic (exact) mass is 382 g/mol. The van der Waals surface area contributed by atoms with Crippen LogP contribution in [0.25, 0.3) is 11.1 Å². The Kier molecular flexibility index (Phi) is 4.56. The molecule has 2 aromatic rings. The lowest BCUT2D eigenvalue weighted by Gasteiger charge is -2.16. The average molecular weight is 383 g/mol. The molecule has 0 fully saturated rings. The van der Waals surface area contributed by atoms with Crippen LogP contribution < -0.4 is 0 Å². The quantitative estimate of drug-likeness (QED) is 0.423. The van der Waals surface area contributed by atoms with Gasteiger partial charge in [0.05, 0.1) is 11.1 Å².